The number of hydrogen-bond donors (Lipinski definition) is 1. The fraction of sp³-hybridized carbons (Fsp3) is 0.571. The fourth-order valence-corrected chi connectivity index (χ4v) is 2.60. The van der Waals surface area contributed by atoms with Gasteiger partial charge in [-0.1, -0.05) is 0 Å². The third-order valence-electron chi connectivity index (χ3n) is 3.79. The Bertz CT molecular complexity index is 535. The van der Waals surface area contributed by atoms with Crippen LogP contribution in [0, 0.1) is 10.1 Å². The Balaban J connectivity index is 2.09. The van der Waals surface area contributed by atoms with Gasteiger partial charge in [0.2, 0.25) is 11.7 Å². The first-order valence-corrected chi connectivity index (χ1v) is 7.17. The van der Waals surface area contributed by atoms with E-state index in [4.69, 9.17) is 0 Å². The number of nitrogens with one attached hydrogen (secondary N) is 1. The van der Waals surface area contributed by atoms with E-state index in [0.29, 0.717) is 0 Å². The smallest absolute Gasteiger partial charge is 0.311 e. The first-order chi connectivity index (χ1) is 10.0. The standard InChI is InChI=1S/C14H20N4O3/c1-10-6-3-4-9-17(10)14(19)11(2)16-13-12(18(20)21)7-5-8-15-13/h5,7-8,10-11H,3-4,6,9H2,1-2H3,(H,15,16). The van der Waals surface area contributed by atoms with Gasteiger partial charge in [0.1, 0.15) is 6.04 Å². The first-order valence-electron chi connectivity index (χ1n) is 7.17. The lowest BCUT2D eigenvalue weighted by Gasteiger charge is -2.35. The summed E-state index contributed by atoms with van der Waals surface area (Å²) in [4.78, 5) is 28.7. The number of carbonyl (C=O) groups excluding carboxylic acids is 1. The Hall–Kier alpha value is -2.18. The molecule has 1 aromatic heterocycles. The Morgan fingerprint density at radius 2 is 2.33 bits per heavy atom. The van der Waals surface area contributed by atoms with Gasteiger partial charge in [-0.05, 0) is 39.2 Å². The van der Waals surface area contributed by atoms with E-state index in [1.54, 1.807) is 6.92 Å². The van der Waals surface area contributed by atoms with Crippen molar-refractivity contribution in [3.63, 3.8) is 0 Å². The topological polar surface area (TPSA) is 88.4 Å². The largest absolute Gasteiger partial charge is 0.353 e. The lowest BCUT2D eigenvalue weighted by atomic mass is 10.0. The number of piperidine rings is 1. The van der Waals surface area contributed by atoms with Crippen LogP contribution in [0.15, 0.2) is 18.3 Å². The molecule has 0 saturated carbocycles. The van der Waals surface area contributed by atoms with Crippen molar-refractivity contribution in [2.75, 3.05) is 11.9 Å². The fourth-order valence-electron chi connectivity index (χ4n) is 2.60. The number of likely N-dealkylation sites (tertiary alicyclic amines) is 1. The number of nitro groups is 1. The minimum absolute atomic E-state index is 0.0397. The molecule has 2 rings (SSSR count). The zero-order chi connectivity index (χ0) is 15.4. The number of pyridine rings is 1. The maximum Gasteiger partial charge on any atom is 0.311 e. The molecule has 1 aliphatic heterocycles. The lowest BCUT2D eigenvalue weighted by molar-refractivity contribution is -0.384. The summed E-state index contributed by atoms with van der Waals surface area (Å²) in [6.07, 6.45) is 4.61. The van der Waals surface area contributed by atoms with Crippen LogP contribution in [0.25, 0.3) is 0 Å². The monoisotopic (exact) mass is 292 g/mol. The van der Waals surface area contributed by atoms with E-state index in [1.807, 2.05) is 11.8 Å². The predicted molar refractivity (Wildman–Crippen MR) is 79.0 cm³/mol. The second kappa shape index (κ2) is 6.51. The van der Waals surface area contributed by atoms with Crippen molar-refractivity contribution in [1.82, 2.24) is 9.88 Å². The molecule has 2 heterocycles. The highest BCUT2D eigenvalue weighted by Crippen LogP contribution is 2.22. The van der Waals surface area contributed by atoms with Crippen molar-refractivity contribution >= 4 is 17.4 Å². The normalized spacial score (nSPS) is 19.9. The molecule has 2 atom stereocenters. The molecule has 2 unspecified atom stereocenters. The quantitative estimate of drug-likeness (QED) is 0.679. The van der Waals surface area contributed by atoms with E-state index >= 15 is 0 Å². The number of amides is 1. The van der Waals surface area contributed by atoms with Crippen LogP contribution in [0.4, 0.5) is 11.5 Å². The predicted octanol–water partition coefficient (Wildman–Crippen LogP) is 2.19. The van der Waals surface area contributed by atoms with Gasteiger partial charge in [0.15, 0.2) is 0 Å². The SMILES string of the molecule is CC(Nc1ncccc1[N+](=O)[O-])C(=O)N1CCCCC1C. The van der Waals surface area contributed by atoms with E-state index in [2.05, 4.69) is 10.3 Å². The van der Waals surface area contributed by atoms with Crippen molar-refractivity contribution in [3.05, 3.63) is 28.4 Å². The number of hydrogen-bond acceptors (Lipinski definition) is 5. The van der Waals surface area contributed by atoms with Crippen LogP contribution in [-0.4, -0.2) is 39.3 Å². The van der Waals surface area contributed by atoms with Gasteiger partial charge in [0.05, 0.1) is 4.92 Å². The molecule has 0 spiro atoms. The zero-order valence-electron chi connectivity index (χ0n) is 12.3. The molecule has 1 aromatic rings. The van der Waals surface area contributed by atoms with Gasteiger partial charge < -0.3 is 10.2 Å². The van der Waals surface area contributed by atoms with Crippen LogP contribution in [0.3, 0.4) is 0 Å². The molecule has 21 heavy (non-hydrogen) atoms. The van der Waals surface area contributed by atoms with Gasteiger partial charge in [-0.2, -0.15) is 0 Å². The van der Waals surface area contributed by atoms with Crippen molar-refractivity contribution in [2.45, 2.75) is 45.2 Å². The summed E-state index contributed by atoms with van der Waals surface area (Å²) in [6, 6.07) is 2.55. The summed E-state index contributed by atoms with van der Waals surface area (Å²) in [5.74, 6) is 0.0927. The summed E-state index contributed by atoms with van der Waals surface area (Å²) in [6.45, 7) is 4.49. The molecule has 7 nitrogen and oxygen atoms in total. The minimum atomic E-state index is -0.542. The summed E-state index contributed by atoms with van der Waals surface area (Å²) in [7, 11) is 0. The first kappa shape index (κ1) is 15.2. The second-order valence-electron chi connectivity index (χ2n) is 5.37. The summed E-state index contributed by atoms with van der Waals surface area (Å²) in [5.41, 5.74) is -0.121. The highest BCUT2D eigenvalue weighted by Gasteiger charge is 2.28. The number of rotatable bonds is 4. The van der Waals surface area contributed by atoms with Gasteiger partial charge >= 0.3 is 5.69 Å². The molecule has 1 N–H and O–H groups in total. The van der Waals surface area contributed by atoms with Gasteiger partial charge in [-0.15, -0.1) is 0 Å². The molecule has 1 aliphatic rings. The van der Waals surface area contributed by atoms with Crippen LogP contribution in [0.2, 0.25) is 0 Å². The molecular weight excluding hydrogens is 272 g/mol. The van der Waals surface area contributed by atoms with E-state index in [9.17, 15) is 14.9 Å². The molecule has 0 radical (unpaired) electrons. The molecule has 1 fully saturated rings. The maximum absolute atomic E-state index is 12.5. The number of anilines is 1. The van der Waals surface area contributed by atoms with Gasteiger partial charge in [0, 0.05) is 24.8 Å². The molecule has 114 valence electrons. The molecule has 1 amide bonds. The number of nitrogens with zero attached hydrogens (tertiary/aromatic N) is 3. The zero-order valence-corrected chi connectivity index (χ0v) is 12.3. The number of carbonyl (C=O) groups is 1. The molecule has 1 saturated heterocycles. The molecule has 0 aromatic carbocycles. The van der Waals surface area contributed by atoms with Crippen LogP contribution < -0.4 is 5.32 Å². The highest BCUT2D eigenvalue weighted by atomic mass is 16.6. The van der Waals surface area contributed by atoms with Crippen LogP contribution in [0.5, 0.6) is 0 Å². The Morgan fingerprint density at radius 1 is 1.57 bits per heavy atom. The Morgan fingerprint density at radius 3 is 3.00 bits per heavy atom. The van der Waals surface area contributed by atoms with Crippen LogP contribution in [0.1, 0.15) is 33.1 Å². The molecule has 0 bridgehead atoms. The summed E-state index contributed by atoms with van der Waals surface area (Å²) < 4.78 is 0. The summed E-state index contributed by atoms with van der Waals surface area (Å²) >= 11 is 0. The second-order valence-corrected chi connectivity index (χ2v) is 5.37. The van der Waals surface area contributed by atoms with E-state index < -0.39 is 11.0 Å². The summed E-state index contributed by atoms with van der Waals surface area (Å²) in [5, 5.41) is 13.8. The maximum atomic E-state index is 12.5. The van der Waals surface area contributed by atoms with Gasteiger partial charge in [-0.25, -0.2) is 4.98 Å². The highest BCUT2D eigenvalue weighted by molar-refractivity contribution is 5.85. The van der Waals surface area contributed by atoms with Crippen molar-refractivity contribution in [2.24, 2.45) is 0 Å². The third kappa shape index (κ3) is 3.48. The Kier molecular flexibility index (Phi) is 4.72. The van der Waals surface area contributed by atoms with Crippen LogP contribution in [-0.2, 0) is 4.79 Å². The van der Waals surface area contributed by atoms with Crippen molar-refractivity contribution < 1.29 is 9.72 Å². The van der Waals surface area contributed by atoms with Gasteiger partial charge in [-0.3, -0.25) is 14.9 Å². The minimum Gasteiger partial charge on any atom is -0.353 e. The number of aromatic nitrogens is 1. The van der Waals surface area contributed by atoms with Crippen molar-refractivity contribution in [1.29, 1.82) is 0 Å². The molecular formula is C14H20N4O3. The van der Waals surface area contributed by atoms with E-state index in [-0.39, 0.29) is 23.5 Å². The molecule has 0 aliphatic carbocycles. The average Bonchev–Trinajstić information content (AvgIpc) is 2.47. The van der Waals surface area contributed by atoms with E-state index in [0.717, 1.165) is 25.8 Å². The van der Waals surface area contributed by atoms with Gasteiger partial charge in [0.25, 0.3) is 0 Å². The van der Waals surface area contributed by atoms with Crippen molar-refractivity contribution in [3.8, 4) is 0 Å². The Labute approximate surface area is 123 Å². The molecule has 7 heteroatoms. The van der Waals surface area contributed by atoms with Crippen LogP contribution >= 0.6 is 0 Å². The lowest BCUT2D eigenvalue weighted by Crippen LogP contribution is -2.48. The third-order valence-corrected chi connectivity index (χ3v) is 3.79. The average molecular weight is 292 g/mol. The van der Waals surface area contributed by atoms with E-state index in [1.165, 1.54) is 18.3 Å².